The van der Waals surface area contributed by atoms with Crippen LogP contribution >= 0.6 is 0 Å². The highest BCUT2D eigenvalue weighted by Gasteiger charge is 2.20. The summed E-state index contributed by atoms with van der Waals surface area (Å²) in [5.41, 5.74) is -0.0371. The van der Waals surface area contributed by atoms with Gasteiger partial charge < -0.3 is 4.74 Å². The van der Waals surface area contributed by atoms with E-state index in [0.717, 1.165) is 19.3 Å². The second-order valence-electron chi connectivity index (χ2n) is 5.94. The van der Waals surface area contributed by atoms with E-state index in [2.05, 4.69) is 30.2 Å². The summed E-state index contributed by atoms with van der Waals surface area (Å²) in [5.74, 6) is -0.409. The van der Waals surface area contributed by atoms with Gasteiger partial charge in [0.2, 0.25) is 10.0 Å². The number of sulfonamides is 1. The van der Waals surface area contributed by atoms with Crippen molar-refractivity contribution in [2.24, 2.45) is 5.41 Å². The van der Waals surface area contributed by atoms with Gasteiger partial charge in [0.1, 0.15) is 0 Å². The molecule has 0 amide bonds. The molecule has 0 aromatic heterocycles. The van der Waals surface area contributed by atoms with Gasteiger partial charge in [-0.1, -0.05) is 40.0 Å². The van der Waals surface area contributed by atoms with Crippen LogP contribution in [0.1, 0.15) is 59.3 Å². The number of carbonyl (C=O) groups excluding carboxylic acids is 1. The van der Waals surface area contributed by atoms with Gasteiger partial charge in [-0.25, -0.2) is 13.1 Å². The van der Waals surface area contributed by atoms with E-state index >= 15 is 0 Å². The summed E-state index contributed by atoms with van der Waals surface area (Å²) in [7, 11) is -2.01. The van der Waals surface area contributed by atoms with Crippen molar-refractivity contribution in [1.29, 1.82) is 0 Å². The number of carbonyl (C=O) groups is 1. The van der Waals surface area contributed by atoms with Crippen molar-refractivity contribution >= 4 is 16.0 Å². The fraction of sp³-hybridized carbons (Fsp3) is 0.929. The van der Waals surface area contributed by atoms with Crippen molar-refractivity contribution in [1.82, 2.24) is 4.72 Å². The Hall–Kier alpha value is -0.620. The molecule has 20 heavy (non-hydrogen) atoms. The van der Waals surface area contributed by atoms with Crippen LogP contribution in [-0.4, -0.2) is 33.8 Å². The van der Waals surface area contributed by atoms with Crippen LogP contribution in [0.3, 0.4) is 0 Å². The first-order chi connectivity index (χ1) is 9.22. The van der Waals surface area contributed by atoms with Crippen LogP contribution < -0.4 is 4.72 Å². The van der Waals surface area contributed by atoms with Gasteiger partial charge in [-0.15, -0.1) is 0 Å². The molecule has 0 unspecified atom stereocenters. The first-order valence-corrected chi connectivity index (χ1v) is 8.92. The smallest absolute Gasteiger partial charge is 0.305 e. The Morgan fingerprint density at radius 2 is 1.85 bits per heavy atom. The lowest BCUT2D eigenvalue weighted by Gasteiger charge is -2.24. The largest absolute Gasteiger partial charge is 0.469 e. The van der Waals surface area contributed by atoms with E-state index in [1.54, 1.807) is 0 Å². The molecule has 0 bridgehead atoms. The van der Waals surface area contributed by atoms with Crippen LogP contribution in [0.15, 0.2) is 0 Å². The first-order valence-electron chi connectivity index (χ1n) is 7.26. The standard InChI is InChI=1S/C14H29NO4S/c1-5-6-7-10-14(2,3)12-15-20(17,18)11-8-9-13(16)19-4/h15H,5-12H2,1-4H3. The van der Waals surface area contributed by atoms with Crippen molar-refractivity contribution < 1.29 is 17.9 Å². The number of rotatable bonds is 11. The molecule has 0 aromatic rings. The molecule has 0 aliphatic heterocycles. The third-order valence-electron chi connectivity index (χ3n) is 3.25. The van der Waals surface area contributed by atoms with Crippen LogP contribution in [0, 0.1) is 5.41 Å². The molecular weight excluding hydrogens is 278 g/mol. The molecule has 5 nitrogen and oxygen atoms in total. The lowest BCUT2D eigenvalue weighted by atomic mass is 9.87. The highest BCUT2D eigenvalue weighted by molar-refractivity contribution is 7.89. The predicted octanol–water partition coefficient (Wildman–Crippen LogP) is 2.47. The van der Waals surface area contributed by atoms with Crippen LogP contribution in [0.4, 0.5) is 0 Å². The zero-order chi connectivity index (χ0) is 15.6. The molecule has 0 aliphatic carbocycles. The number of hydrogen-bond donors (Lipinski definition) is 1. The molecule has 0 atom stereocenters. The van der Waals surface area contributed by atoms with Crippen molar-refractivity contribution in [3.05, 3.63) is 0 Å². The van der Waals surface area contributed by atoms with E-state index in [1.165, 1.54) is 13.5 Å². The fourth-order valence-corrected chi connectivity index (χ4v) is 3.11. The van der Waals surface area contributed by atoms with Crippen molar-refractivity contribution in [2.75, 3.05) is 19.4 Å². The molecular formula is C14H29NO4S. The summed E-state index contributed by atoms with van der Waals surface area (Å²) in [6.07, 6.45) is 4.89. The Balaban J connectivity index is 4.04. The Morgan fingerprint density at radius 3 is 2.40 bits per heavy atom. The predicted molar refractivity (Wildman–Crippen MR) is 81.0 cm³/mol. The second-order valence-corrected chi connectivity index (χ2v) is 7.87. The molecule has 0 radical (unpaired) electrons. The monoisotopic (exact) mass is 307 g/mol. The second kappa shape index (κ2) is 9.34. The van der Waals surface area contributed by atoms with Crippen LogP contribution in [-0.2, 0) is 19.6 Å². The van der Waals surface area contributed by atoms with Crippen molar-refractivity contribution in [3.63, 3.8) is 0 Å². The summed E-state index contributed by atoms with van der Waals surface area (Å²) in [6, 6.07) is 0. The van der Waals surface area contributed by atoms with E-state index in [1.807, 2.05) is 0 Å². The average molecular weight is 307 g/mol. The van der Waals surface area contributed by atoms with E-state index in [-0.39, 0.29) is 30.0 Å². The van der Waals surface area contributed by atoms with Gasteiger partial charge in [-0.3, -0.25) is 4.79 Å². The Bertz CT molecular complexity index is 377. The Kier molecular flexibility index (Phi) is 9.05. The summed E-state index contributed by atoms with van der Waals surface area (Å²) < 4.78 is 30.7. The van der Waals surface area contributed by atoms with Gasteiger partial charge in [-0.2, -0.15) is 0 Å². The molecule has 0 fully saturated rings. The van der Waals surface area contributed by atoms with E-state index < -0.39 is 10.0 Å². The summed E-state index contributed by atoms with van der Waals surface area (Å²) >= 11 is 0. The van der Waals surface area contributed by atoms with Gasteiger partial charge >= 0.3 is 5.97 Å². The number of hydrogen-bond acceptors (Lipinski definition) is 4. The molecule has 0 heterocycles. The fourth-order valence-electron chi connectivity index (χ4n) is 1.83. The van der Waals surface area contributed by atoms with Crippen molar-refractivity contribution in [2.45, 2.75) is 59.3 Å². The molecule has 120 valence electrons. The molecule has 0 rings (SSSR count). The minimum atomic E-state index is -3.31. The lowest BCUT2D eigenvalue weighted by Crippen LogP contribution is -2.35. The lowest BCUT2D eigenvalue weighted by molar-refractivity contribution is -0.140. The van der Waals surface area contributed by atoms with Crippen LogP contribution in [0.25, 0.3) is 0 Å². The third-order valence-corrected chi connectivity index (χ3v) is 4.66. The summed E-state index contributed by atoms with van der Waals surface area (Å²) in [6.45, 7) is 6.73. The quantitative estimate of drug-likeness (QED) is 0.470. The number of ether oxygens (including phenoxy) is 1. The maximum Gasteiger partial charge on any atom is 0.305 e. The Morgan fingerprint density at radius 1 is 1.20 bits per heavy atom. The molecule has 0 spiro atoms. The van der Waals surface area contributed by atoms with E-state index in [0.29, 0.717) is 6.54 Å². The molecule has 0 saturated heterocycles. The topological polar surface area (TPSA) is 72.5 Å². The zero-order valence-corrected chi connectivity index (χ0v) is 14.0. The normalized spacial score (nSPS) is 12.4. The minimum Gasteiger partial charge on any atom is -0.469 e. The number of methoxy groups -OCH3 is 1. The molecule has 0 saturated carbocycles. The SMILES string of the molecule is CCCCCC(C)(C)CNS(=O)(=O)CCCC(=O)OC. The van der Waals surface area contributed by atoms with Crippen LogP contribution in [0.5, 0.6) is 0 Å². The van der Waals surface area contributed by atoms with Gasteiger partial charge in [0, 0.05) is 13.0 Å². The van der Waals surface area contributed by atoms with E-state index in [4.69, 9.17) is 0 Å². The zero-order valence-electron chi connectivity index (χ0n) is 13.2. The van der Waals surface area contributed by atoms with Crippen molar-refractivity contribution in [3.8, 4) is 0 Å². The maximum absolute atomic E-state index is 11.8. The average Bonchev–Trinajstić information content (AvgIpc) is 2.36. The van der Waals surface area contributed by atoms with Gasteiger partial charge in [-0.05, 0) is 18.3 Å². The minimum absolute atomic E-state index is 0.0346. The van der Waals surface area contributed by atoms with Gasteiger partial charge in [0.25, 0.3) is 0 Å². The number of esters is 1. The third kappa shape index (κ3) is 10.2. The summed E-state index contributed by atoms with van der Waals surface area (Å²) in [4.78, 5) is 10.9. The molecule has 0 aromatic carbocycles. The number of unbranched alkanes of at least 4 members (excludes halogenated alkanes) is 2. The Labute approximate surface area is 123 Å². The highest BCUT2D eigenvalue weighted by Crippen LogP contribution is 2.22. The molecule has 0 aliphatic rings. The van der Waals surface area contributed by atoms with Crippen LogP contribution in [0.2, 0.25) is 0 Å². The first kappa shape index (κ1) is 19.4. The maximum atomic E-state index is 11.8. The number of nitrogens with one attached hydrogen (secondary N) is 1. The van der Waals surface area contributed by atoms with Gasteiger partial charge in [0.05, 0.1) is 12.9 Å². The van der Waals surface area contributed by atoms with Gasteiger partial charge in [0.15, 0.2) is 0 Å². The molecule has 1 N–H and O–H groups in total. The summed E-state index contributed by atoms with van der Waals surface area (Å²) in [5, 5.41) is 0. The highest BCUT2D eigenvalue weighted by atomic mass is 32.2. The van der Waals surface area contributed by atoms with E-state index in [9.17, 15) is 13.2 Å². The molecule has 6 heteroatoms.